The number of carbonyl (C=O) groups is 1. The molecule has 0 aromatic heterocycles. The molecular formula is C36H68O10. The summed E-state index contributed by atoms with van der Waals surface area (Å²) in [4.78, 5) is 13.2. The fraction of sp³-hybridized carbons (Fsp3) is 0.917. The van der Waals surface area contributed by atoms with Gasteiger partial charge in [-0.2, -0.15) is 0 Å². The van der Waals surface area contributed by atoms with E-state index in [1.165, 1.54) is 64.2 Å². The fourth-order valence-electron chi connectivity index (χ4n) is 6.20. The summed E-state index contributed by atoms with van der Waals surface area (Å²) < 4.78 is 17.7. The van der Waals surface area contributed by atoms with Crippen molar-refractivity contribution in [2.45, 2.75) is 179 Å². The molecule has 6 N–H and O–H groups in total. The maximum atomic E-state index is 13.2. The topological polar surface area (TPSA) is 166 Å². The summed E-state index contributed by atoms with van der Waals surface area (Å²) in [6.45, 7) is 2.37. The molecule has 1 heterocycles. The second-order valence-corrected chi connectivity index (χ2v) is 13.2. The first-order chi connectivity index (χ1) is 22.2. The lowest BCUT2D eigenvalue weighted by Gasteiger charge is -2.44. The highest BCUT2D eigenvalue weighted by atomic mass is 16.6. The number of cyclic esters (lactones) is 1. The Kier molecular flexibility index (Phi) is 23.7. The summed E-state index contributed by atoms with van der Waals surface area (Å²) in [5.41, 5.74) is -4.50. The van der Waals surface area contributed by atoms with Crippen LogP contribution in [0.5, 0.6) is 0 Å². The number of hydrogen-bond acceptors (Lipinski definition) is 10. The number of ether oxygens (including phenoxy) is 3. The Hall–Kier alpha value is -1.43. The third kappa shape index (κ3) is 15.2. The van der Waals surface area contributed by atoms with Gasteiger partial charge in [-0.3, -0.25) is 0 Å². The van der Waals surface area contributed by atoms with Gasteiger partial charge in [0.05, 0.1) is 45.2 Å². The van der Waals surface area contributed by atoms with Crippen molar-refractivity contribution in [1.29, 1.82) is 0 Å². The molecule has 1 aliphatic heterocycles. The number of unbranched alkanes of at least 4 members (excludes halogenated alkanes) is 18. The van der Waals surface area contributed by atoms with Crippen LogP contribution in [0, 0.1) is 0 Å². The molecule has 0 aliphatic carbocycles. The molecule has 0 aromatic rings. The minimum Gasteiger partial charge on any atom is -0.490 e. The molecule has 1 rings (SSSR count). The molecule has 0 saturated carbocycles. The van der Waals surface area contributed by atoms with Gasteiger partial charge in [0.25, 0.3) is 0 Å². The van der Waals surface area contributed by atoms with Gasteiger partial charge in [0.1, 0.15) is 5.60 Å². The molecular weight excluding hydrogens is 592 g/mol. The molecule has 0 spiro atoms. The van der Waals surface area contributed by atoms with E-state index >= 15 is 0 Å². The summed E-state index contributed by atoms with van der Waals surface area (Å²) in [7, 11) is 0. The van der Waals surface area contributed by atoms with E-state index in [1.807, 2.05) is 0 Å². The smallest absolute Gasteiger partial charge is 0.378 e. The third-order valence-electron chi connectivity index (χ3n) is 9.05. The van der Waals surface area contributed by atoms with Crippen molar-refractivity contribution in [2.75, 3.05) is 33.0 Å². The predicted octanol–water partition coefficient (Wildman–Crippen LogP) is 5.58. The lowest BCUT2D eigenvalue weighted by Crippen LogP contribution is -2.61. The molecule has 0 fully saturated rings. The monoisotopic (exact) mass is 660 g/mol. The number of aliphatic hydroxyl groups excluding tert-OH is 5. The second-order valence-electron chi connectivity index (χ2n) is 13.2. The van der Waals surface area contributed by atoms with Crippen LogP contribution in [0.4, 0.5) is 0 Å². The summed E-state index contributed by atoms with van der Waals surface area (Å²) in [5, 5.41) is 61.8. The molecule has 46 heavy (non-hydrogen) atoms. The van der Waals surface area contributed by atoms with E-state index in [4.69, 9.17) is 14.2 Å². The van der Waals surface area contributed by atoms with Gasteiger partial charge in [0.2, 0.25) is 11.4 Å². The molecule has 272 valence electrons. The lowest BCUT2D eigenvalue weighted by atomic mass is 9.74. The van der Waals surface area contributed by atoms with Gasteiger partial charge >= 0.3 is 5.97 Å². The number of esters is 1. The summed E-state index contributed by atoms with van der Waals surface area (Å²) in [5.74, 6) is -1.32. The van der Waals surface area contributed by atoms with Gasteiger partial charge in [-0.1, -0.05) is 129 Å². The second kappa shape index (κ2) is 25.6. The summed E-state index contributed by atoms with van der Waals surface area (Å²) in [6, 6.07) is 0. The highest BCUT2D eigenvalue weighted by molar-refractivity contribution is 5.90. The van der Waals surface area contributed by atoms with Gasteiger partial charge in [0.15, 0.2) is 5.76 Å². The summed E-state index contributed by atoms with van der Waals surface area (Å²) in [6.07, 6.45) is 18.9. The van der Waals surface area contributed by atoms with Gasteiger partial charge in [-0.05, 0) is 12.8 Å². The van der Waals surface area contributed by atoms with Crippen molar-refractivity contribution in [3.05, 3.63) is 11.5 Å². The molecule has 10 heteroatoms. The SMILES string of the molecule is CCCCCCCCCCCCCCCCOC1=C(OCCCCCCCC)[C@@](CC(O)CO)([C@@](O)(CO)CC(O)CO)OC1=O. The Balaban J connectivity index is 2.84. The van der Waals surface area contributed by atoms with E-state index in [0.29, 0.717) is 12.8 Å². The van der Waals surface area contributed by atoms with Crippen molar-refractivity contribution in [1.82, 2.24) is 0 Å². The summed E-state index contributed by atoms with van der Waals surface area (Å²) >= 11 is 0. The maximum absolute atomic E-state index is 13.2. The van der Waals surface area contributed by atoms with E-state index in [9.17, 15) is 35.4 Å². The highest BCUT2D eigenvalue weighted by Crippen LogP contribution is 2.47. The lowest BCUT2D eigenvalue weighted by molar-refractivity contribution is -0.212. The van der Waals surface area contributed by atoms with Crippen molar-refractivity contribution < 1.29 is 49.6 Å². The van der Waals surface area contributed by atoms with Gasteiger partial charge < -0.3 is 44.8 Å². The molecule has 0 radical (unpaired) electrons. The Bertz CT molecular complexity index is 806. The number of aliphatic hydroxyl groups is 6. The Morgan fingerprint density at radius 1 is 0.652 bits per heavy atom. The van der Waals surface area contributed by atoms with Crippen LogP contribution < -0.4 is 0 Å². The van der Waals surface area contributed by atoms with Crippen LogP contribution in [0.3, 0.4) is 0 Å². The molecule has 0 bridgehead atoms. The van der Waals surface area contributed by atoms with Crippen LogP contribution in [0.15, 0.2) is 11.5 Å². The van der Waals surface area contributed by atoms with Crippen LogP contribution in [0.2, 0.25) is 0 Å². The van der Waals surface area contributed by atoms with Crippen molar-refractivity contribution in [3.8, 4) is 0 Å². The number of rotatable bonds is 32. The highest BCUT2D eigenvalue weighted by Gasteiger charge is 2.64. The zero-order chi connectivity index (χ0) is 34.1. The van der Waals surface area contributed by atoms with E-state index < -0.39 is 62.0 Å². The maximum Gasteiger partial charge on any atom is 0.378 e. The Labute approximate surface area is 278 Å². The third-order valence-corrected chi connectivity index (χ3v) is 9.05. The largest absolute Gasteiger partial charge is 0.490 e. The number of hydrogen-bond donors (Lipinski definition) is 6. The van der Waals surface area contributed by atoms with E-state index in [0.717, 1.165) is 51.4 Å². The standard InChI is InChI=1S/C36H68O10/c1-3-5-7-9-11-12-13-14-15-16-17-18-20-21-23-44-32-33(45-24-22-19-10-8-6-4-2)36(46-34(32)42,26-31(41)28-38)35(43,29-39)25-30(40)27-37/h30-31,37-41,43H,3-29H2,1-2H3/t30?,31?,35-,36-/m0/s1. The first kappa shape index (κ1) is 42.6. The van der Waals surface area contributed by atoms with E-state index in [1.54, 1.807) is 0 Å². The van der Waals surface area contributed by atoms with Gasteiger partial charge in [-0.25, -0.2) is 4.79 Å². The van der Waals surface area contributed by atoms with Gasteiger partial charge in [-0.15, -0.1) is 0 Å². The van der Waals surface area contributed by atoms with Crippen molar-refractivity contribution in [3.63, 3.8) is 0 Å². The molecule has 0 aromatic carbocycles. The van der Waals surface area contributed by atoms with Crippen LogP contribution in [-0.4, -0.2) is 93.1 Å². The first-order valence-corrected chi connectivity index (χ1v) is 18.4. The zero-order valence-corrected chi connectivity index (χ0v) is 29.1. The molecule has 0 saturated heterocycles. The minimum absolute atomic E-state index is 0.161. The average molecular weight is 661 g/mol. The molecule has 2 unspecified atom stereocenters. The first-order valence-electron chi connectivity index (χ1n) is 18.4. The predicted molar refractivity (Wildman–Crippen MR) is 179 cm³/mol. The normalized spacial score (nSPS) is 19.3. The van der Waals surface area contributed by atoms with Crippen LogP contribution in [-0.2, 0) is 19.0 Å². The van der Waals surface area contributed by atoms with Crippen molar-refractivity contribution >= 4 is 5.97 Å². The Morgan fingerprint density at radius 2 is 1.07 bits per heavy atom. The average Bonchev–Trinajstić information content (AvgIpc) is 3.32. The van der Waals surface area contributed by atoms with Crippen LogP contribution in [0.1, 0.15) is 155 Å². The van der Waals surface area contributed by atoms with Gasteiger partial charge in [0, 0.05) is 12.8 Å². The van der Waals surface area contributed by atoms with E-state index in [2.05, 4.69) is 13.8 Å². The van der Waals surface area contributed by atoms with Crippen LogP contribution >= 0.6 is 0 Å². The van der Waals surface area contributed by atoms with E-state index in [-0.39, 0.29) is 24.7 Å². The quantitative estimate of drug-likeness (QED) is 0.0396. The zero-order valence-electron chi connectivity index (χ0n) is 29.1. The molecule has 10 nitrogen and oxygen atoms in total. The number of carbonyl (C=O) groups excluding carboxylic acids is 1. The molecule has 1 aliphatic rings. The minimum atomic E-state index is -2.35. The van der Waals surface area contributed by atoms with Crippen LogP contribution in [0.25, 0.3) is 0 Å². The fourth-order valence-corrected chi connectivity index (χ4v) is 6.20. The molecule has 0 amide bonds. The molecule has 4 atom stereocenters. The Morgan fingerprint density at radius 3 is 1.48 bits per heavy atom. The van der Waals surface area contributed by atoms with Crippen molar-refractivity contribution in [2.24, 2.45) is 0 Å².